The Bertz CT molecular complexity index is 1540. The average molecular weight is 476 g/mol. The molecule has 178 valence electrons. The van der Waals surface area contributed by atoms with E-state index in [0.29, 0.717) is 28.9 Å². The van der Waals surface area contributed by atoms with E-state index < -0.39 is 5.91 Å². The lowest BCUT2D eigenvalue weighted by atomic mass is 9.99. The number of fused-ring (bicyclic) bond motifs is 1. The summed E-state index contributed by atoms with van der Waals surface area (Å²) in [5.41, 5.74) is 10.0. The third-order valence-electron chi connectivity index (χ3n) is 6.19. The standard InChI is InChI=1S/C29H25N5O2/c1-19(33-29-25-9-5-8-24(28(30)36)27(25)31-18-32-29)22-7-4-6-20(16-22)17-26(35)21-10-12-23(13-11-21)34-14-2-3-15-34/h2-16,18-19H,17H2,1H3,(H2,30,36)(H,31,32,33)/t19-/m1/s1. The second-order valence-electron chi connectivity index (χ2n) is 8.64. The van der Waals surface area contributed by atoms with Crippen LogP contribution in [0, 0.1) is 0 Å². The molecule has 5 aromatic rings. The number of rotatable bonds is 8. The summed E-state index contributed by atoms with van der Waals surface area (Å²) in [4.78, 5) is 33.3. The van der Waals surface area contributed by atoms with Crippen molar-refractivity contribution in [1.82, 2.24) is 14.5 Å². The zero-order valence-electron chi connectivity index (χ0n) is 19.8. The molecule has 5 rings (SSSR count). The van der Waals surface area contributed by atoms with Gasteiger partial charge < -0.3 is 15.6 Å². The monoisotopic (exact) mass is 475 g/mol. The van der Waals surface area contributed by atoms with Crippen LogP contribution in [0.4, 0.5) is 5.82 Å². The first kappa shape index (κ1) is 23.0. The van der Waals surface area contributed by atoms with Crippen LogP contribution in [-0.2, 0) is 6.42 Å². The third kappa shape index (κ3) is 4.72. The number of nitrogens with two attached hydrogens (primary N) is 1. The number of carbonyl (C=O) groups excluding carboxylic acids is 2. The highest BCUT2D eigenvalue weighted by atomic mass is 16.1. The van der Waals surface area contributed by atoms with Crippen LogP contribution in [0.3, 0.4) is 0 Å². The van der Waals surface area contributed by atoms with Gasteiger partial charge in [-0.1, -0.05) is 30.3 Å². The van der Waals surface area contributed by atoms with Gasteiger partial charge in [-0.05, 0) is 66.6 Å². The lowest BCUT2D eigenvalue weighted by molar-refractivity contribution is 0.0988. The minimum Gasteiger partial charge on any atom is -0.366 e. The highest BCUT2D eigenvalue weighted by molar-refractivity contribution is 6.06. The summed E-state index contributed by atoms with van der Waals surface area (Å²) < 4.78 is 2.00. The average Bonchev–Trinajstić information content (AvgIpc) is 3.44. The number of Topliss-reactive ketones (excluding diaryl/α,β-unsaturated/α-hetero) is 1. The molecule has 36 heavy (non-hydrogen) atoms. The molecule has 7 heteroatoms. The van der Waals surface area contributed by atoms with Crippen molar-refractivity contribution in [3.05, 3.63) is 120 Å². The molecule has 3 N–H and O–H groups in total. The Morgan fingerprint density at radius 1 is 0.944 bits per heavy atom. The number of aromatic nitrogens is 3. The van der Waals surface area contributed by atoms with E-state index in [4.69, 9.17) is 5.73 Å². The Balaban J connectivity index is 1.32. The van der Waals surface area contributed by atoms with Crippen molar-refractivity contribution in [3.8, 4) is 5.69 Å². The van der Waals surface area contributed by atoms with Crippen LogP contribution in [0.5, 0.6) is 0 Å². The first-order valence-electron chi connectivity index (χ1n) is 11.6. The van der Waals surface area contributed by atoms with Gasteiger partial charge in [-0.25, -0.2) is 9.97 Å². The number of hydrogen-bond donors (Lipinski definition) is 2. The van der Waals surface area contributed by atoms with Gasteiger partial charge in [0, 0.05) is 41.5 Å². The van der Waals surface area contributed by atoms with Crippen molar-refractivity contribution in [1.29, 1.82) is 0 Å². The highest BCUT2D eigenvalue weighted by Crippen LogP contribution is 2.26. The summed E-state index contributed by atoms with van der Waals surface area (Å²) in [5.74, 6) is 0.141. The molecular formula is C29H25N5O2. The number of anilines is 1. The van der Waals surface area contributed by atoms with Crippen molar-refractivity contribution in [3.63, 3.8) is 0 Å². The van der Waals surface area contributed by atoms with Gasteiger partial charge in [-0.15, -0.1) is 0 Å². The van der Waals surface area contributed by atoms with Crippen LogP contribution >= 0.6 is 0 Å². The van der Waals surface area contributed by atoms with Gasteiger partial charge in [0.25, 0.3) is 5.91 Å². The molecule has 0 saturated carbocycles. The van der Waals surface area contributed by atoms with Crippen LogP contribution in [-0.4, -0.2) is 26.2 Å². The number of ketones is 1. The van der Waals surface area contributed by atoms with Gasteiger partial charge in [0.2, 0.25) is 0 Å². The van der Waals surface area contributed by atoms with Crippen LogP contribution in [0.15, 0.2) is 97.6 Å². The first-order valence-corrected chi connectivity index (χ1v) is 11.6. The molecule has 0 spiro atoms. The fourth-order valence-electron chi connectivity index (χ4n) is 4.28. The van der Waals surface area contributed by atoms with Gasteiger partial charge in [0.05, 0.1) is 11.1 Å². The van der Waals surface area contributed by atoms with Crippen molar-refractivity contribution < 1.29 is 9.59 Å². The number of benzene rings is 3. The molecular weight excluding hydrogens is 450 g/mol. The number of amides is 1. The van der Waals surface area contributed by atoms with Crippen LogP contribution in [0.25, 0.3) is 16.6 Å². The van der Waals surface area contributed by atoms with Crippen LogP contribution in [0.1, 0.15) is 44.8 Å². The Labute approximate surface area is 208 Å². The topological polar surface area (TPSA) is 103 Å². The number of primary amides is 1. The fourth-order valence-corrected chi connectivity index (χ4v) is 4.28. The Morgan fingerprint density at radius 3 is 2.44 bits per heavy atom. The predicted octanol–water partition coefficient (Wildman–Crippen LogP) is 5.12. The second kappa shape index (κ2) is 9.84. The van der Waals surface area contributed by atoms with Gasteiger partial charge >= 0.3 is 0 Å². The molecule has 3 aromatic carbocycles. The van der Waals surface area contributed by atoms with E-state index in [0.717, 1.165) is 22.2 Å². The normalized spacial score (nSPS) is 11.8. The van der Waals surface area contributed by atoms with E-state index >= 15 is 0 Å². The van der Waals surface area contributed by atoms with E-state index in [1.807, 2.05) is 90.6 Å². The van der Waals surface area contributed by atoms with Crippen molar-refractivity contribution in [2.24, 2.45) is 5.73 Å². The molecule has 0 aliphatic carbocycles. The highest BCUT2D eigenvalue weighted by Gasteiger charge is 2.14. The number of carbonyl (C=O) groups is 2. The maximum absolute atomic E-state index is 12.9. The van der Waals surface area contributed by atoms with Crippen LogP contribution in [0.2, 0.25) is 0 Å². The molecule has 1 atom stereocenters. The summed E-state index contributed by atoms with van der Waals surface area (Å²) in [7, 11) is 0. The Morgan fingerprint density at radius 2 is 1.69 bits per heavy atom. The van der Waals surface area contributed by atoms with Gasteiger partial charge in [-0.2, -0.15) is 0 Å². The summed E-state index contributed by atoms with van der Waals surface area (Å²) in [5, 5.41) is 4.13. The fraction of sp³-hybridized carbons (Fsp3) is 0.103. The molecule has 2 heterocycles. The SMILES string of the molecule is C[C@@H](Nc1ncnc2c(C(N)=O)cccc12)c1cccc(CC(=O)c2ccc(-n3cccc3)cc2)c1. The largest absolute Gasteiger partial charge is 0.366 e. The molecule has 0 aliphatic heterocycles. The minimum atomic E-state index is -0.532. The number of hydrogen-bond acceptors (Lipinski definition) is 5. The molecule has 0 radical (unpaired) electrons. The molecule has 1 amide bonds. The van der Waals surface area contributed by atoms with Crippen molar-refractivity contribution in [2.45, 2.75) is 19.4 Å². The zero-order chi connectivity index (χ0) is 25.1. The Kier molecular flexibility index (Phi) is 6.28. The van der Waals surface area contributed by atoms with Crippen molar-refractivity contribution in [2.75, 3.05) is 5.32 Å². The molecule has 0 bridgehead atoms. The molecule has 2 aromatic heterocycles. The quantitative estimate of drug-likeness (QED) is 0.303. The maximum atomic E-state index is 12.9. The predicted molar refractivity (Wildman–Crippen MR) is 140 cm³/mol. The third-order valence-corrected chi connectivity index (χ3v) is 6.19. The molecule has 7 nitrogen and oxygen atoms in total. The lowest BCUT2D eigenvalue weighted by Crippen LogP contribution is -2.13. The number of nitrogens with zero attached hydrogens (tertiary/aromatic N) is 3. The molecule has 0 unspecified atom stereocenters. The minimum absolute atomic E-state index is 0.0626. The first-order chi connectivity index (χ1) is 17.5. The molecule has 0 saturated heterocycles. The van der Waals surface area contributed by atoms with E-state index in [1.54, 1.807) is 12.1 Å². The number of para-hydroxylation sites is 1. The van der Waals surface area contributed by atoms with Crippen LogP contribution < -0.4 is 11.1 Å². The number of nitrogens with one attached hydrogen (secondary N) is 1. The van der Waals surface area contributed by atoms with Gasteiger partial charge in [0.1, 0.15) is 12.1 Å². The van der Waals surface area contributed by atoms with E-state index in [1.165, 1.54) is 6.33 Å². The Hall–Kier alpha value is -4.78. The summed E-state index contributed by atoms with van der Waals surface area (Å²) in [6.45, 7) is 2.02. The summed E-state index contributed by atoms with van der Waals surface area (Å²) in [6.07, 6.45) is 5.67. The zero-order valence-corrected chi connectivity index (χ0v) is 19.8. The van der Waals surface area contributed by atoms with E-state index in [9.17, 15) is 9.59 Å². The molecule has 0 aliphatic rings. The summed E-state index contributed by atoms with van der Waals surface area (Å²) >= 11 is 0. The second-order valence-corrected chi connectivity index (χ2v) is 8.64. The maximum Gasteiger partial charge on any atom is 0.250 e. The van der Waals surface area contributed by atoms with E-state index in [-0.39, 0.29) is 11.8 Å². The van der Waals surface area contributed by atoms with E-state index in [2.05, 4.69) is 15.3 Å². The summed E-state index contributed by atoms with van der Waals surface area (Å²) in [6, 6.07) is 24.7. The van der Waals surface area contributed by atoms with Gasteiger partial charge in [-0.3, -0.25) is 9.59 Å². The lowest BCUT2D eigenvalue weighted by Gasteiger charge is -2.17. The molecule has 0 fully saturated rings. The van der Waals surface area contributed by atoms with Gasteiger partial charge in [0.15, 0.2) is 5.78 Å². The smallest absolute Gasteiger partial charge is 0.250 e. The van der Waals surface area contributed by atoms with Crippen molar-refractivity contribution >= 4 is 28.4 Å².